The Kier molecular flexibility index (Phi) is 1.94. The van der Waals surface area contributed by atoms with Crippen molar-refractivity contribution in [1.82, 2.24) is 5.43 Å². The standard InChI is InChI=1S/C7H12N2O2S/c8-9-6(12)11-4-7-1-5(2-7)10-3-7/h5H,1-4,8H2,(H,9,12). The first-order chi connectivity index (χ1) is 5.74. The molecule has 0 radical (unpaired) electrons. The van der Waals surface area contributed by atoms with E-state index in [4.69, 9.17) is 27.5 Å². The highest BCUT2D eigenvalue weighted by Gasteiger charge is 2.52. The third-order valence-corrected chi connectivity index (χ3v) is 2.81. The van der Waals surface area contributed by atoms with E-state index in [1.54, 1.807) is 0 Å². The molecule has 0 amide bonds. The lowest BCUT2D eigenvalue weighted by atomic mass is 9.71. The lowest BCUT2D eigenvalue weighted by Crippen LogP contribution is -2.40. The monoisotopic (exact) mass is 188 g/mol. The van der Waals surface area contributed by atoms with Gasteiger partial charge in [-0.1, -0.05) is 0 Å². The highest BCUT2D eigenvalue weighted by atomic mass is 32.1. The molecule has 3 N–H and O–H groups in total. The van der Waals surface area contributed by atoms with Gasteiger partial charge in [0.25, 0.3) is 5.17 Å². The zero-order valence-corrected chi connectivity index (χ0v) is 7.52. The summed E-state index contributed by atoms with van der Waals surface area (Å²) in [6.45, 7) is 1.44. The number of nitrogens with two attached hydrogens (primary N) is 1. The zero-order valence-electron chi connectivity index (χ0n) is 6.71. The number of rotatable bonds is 2. The quantitative estimate of drug-likeness (QED) is 0.361. The molecule has 0 spiro atoms. The highest BCUT2D eigenvalue weighted by Crippen LogP contribution is 2.49. The summed E-state index contributed by atoms with van der Waals surface area (Å²) in [5, 5.41) is 0.264. The van der Waals surface area contributed by atoms with Crippen LogP contribution < -0.4 is 11.3 Å². The molecule has 1 aliphatic carbocycles. The summed E-state index contributed by atoms with van der Waals surface area (Å²) in [6.07, 6.45) is 2.70. The maximum atomic E-state index is 5.42. The van der Waals surface area contributed by atoms with Crippen LogP contribution >= 0.6 is 12.2 Å². The van der Waals surface area contributed by atoms with Gasteiger partial charge in [-0.3, -0.25) is 5.43 Å². The number of nitrogens with one attached hydrogen (secondary N) is 1. The number of hydrazine groups is 1. The van der Waals surface area contributed by atoms with Crippen molar-refractivity contribution in [1.29, 1.82) is 0 Å². The van der Waals surface area contributed by atoms with Crippen molar-refractivity contribution in [2.24, 2.45) is 11.3 Å². The van der Waals surface area contributed by atoms with Gasteiger partial charge in [0.05, 0.1) is 19.3 Å². The number of ether oxygens (including phenoxy) is 2. The third-order valence-electron chi connectivity index (χ3n) is 2.57. The van der Waals surface area contributed by atoms with Crippen molar-refractivity contribution in [3.8, 4) is 0 Å². The number of hydrogen-bond donors (Lipinski definition) is 2. The Hall–Kier alpha value is -0.390. The van der Waals surface area contributed by atoms with Gasteiger partial charge in [-0.05, 0) is 25.1 Å². The molecule has 0 aromatic rings. The van der Waals surface area contributed by atoms with Gasteiger partial charge >= 0.3 is 0 Å². The molecular weight excluding hydrogens is 176 g/mol. The summed E-state index contributed by atoms with van der Waals surface area (Å²) >= 11 is 4.76. The minimum absolute atomic E-state index is 0.242. The van der Waals surface area contributed by atoms with Gasteiger partial charge in [0, 0.05) is 5.41 Å². The molecule has 5 heteroatoms. The molecule has 2 saturated heterocycles. The molecule has 3 fully saturated rings. The van der Waals surface area contributed by atoms with Crippen LogP contribution in [0.4, 0.5) is 0 Å². The van der Waals surface area contributed by atoms with E-state index in [1.165, 1.54) is 0 Å². The molecule has 3 aliphatic rings. The van der Waals surface area contributed by atoms with E-state index < -0.39 is 0 Å². The molecule has 2 aliphatic heterocycles. The fourth-order valence-corrected chi connectivity index (χ4v) is 1.92. The molecule has 3 rings (SSSR count). The first-order valence-corrected chi connectivity index (χ1v) is 4.40. The molecule has 2 bridgehead atoms. The molecule has 1 saturated carbocycles. The van der Waals surface area contributed by atoms with Crippen LogP contribution in [0.3, 0.4) is 0 Å². The van der Waals surface area contributed by atoms with Crippen LogP contribution in [0, 0.1) is 5.41 Å². The van der Waals surface area contributed by atoms with Crippen molar-refractivity contribution in [2.45, 2.75) is 18.9 Å². The van der Waals surface area contributed by atoms with E-state index in [-0.39, 0.29) is 10.6 Å². The Balaban J connectivity index is 1.77. The van der Waals surface area contributed by atoms with Gasteiger partial charge in [-0.15, -0.1) is 0 Å². The van der Waals surface area contributed by atoms with E-state index in [9.17, 15) is 0 Å². The number of thiocarbonyl (C=S) groups is 1. The van der Waals surface area contributed by atoms with Gasteiger partial charge in [0.1, 0.15) is 0 Å². The largest absolute Gasteiger partial charge is 0.469 e. The topological polar surface area (TPSA) is 56.5 Å². The van der Waals surface area contributed by atoms with Crippen molar-refractivity contribution < 1.29 is 9.47 Å². The SMILES string of the molecule is NNC(=S)OCC12COC(C1)C2. The fourth-order valence-electron chi connectivity index (χ4n) is 1.86. The van der Waals surface area contributed by atoms with Crippen LogP contribution in [0.5, 0.6) is 0 Å². The van der Waals surface area contributed by atoms with Crippen molar-refractivity contribution >= 4 is 17.4 Å². The average Bonchev–Trinajstić information content (AvgIpc) is 2.57. The molecule has 68 valence electrons. The Bertz CT molecular complexity index is 198. The van der Waals surface area contributed by atoms with E-state index in [0.717, 1.165) is 19.4 Å². The minimum atomic E-state index is 0.242. The summed E-state index contributed by atoms with van der Waals surface area (Å²) in [5.41, 5.74) is 2.53. The van der Waals surface area contributed by atoms with Crippen LogP contribution in [0.1, 0.15) is 12.8 Å². The van der Waals surface area contributed by atoms with Crippen molar-refractivity contribution in [3.63, 3.8) is 0 Å². The Morgan fingerprint density at radius 2 is 2.50 bits per heavy atom. The zero-order chi connectivity index (χ0) is 8.60. The number of hydrogen-bond acceptors (Lipinski definition) is 4. The molecule has 12 heavy (non-hydrogen) atoms. The summed E-state index contributed by atoms with van der Waals surface area (Å²) in [5.74, 6) is 5.07. The normalized spacial score (nSPS) is 37.2. The van der Waals surface area contributed by atoms with Gasteiger partial charge in [-0.2, -0.15) is 0 Å². The van der Waals surface area contributed by atoms with E-state index in [1.807, 2.05) is 0 Å². The van der Waals surface area contributed by atoms with Gasteiger partial charge in [-0.25, -0.2) is 5.84 Å². The first-order valence-electron chi connectivity index (χ1n) is 3.99. The van der Waals surface area contributed by atoms with Crippen LogP contribution in [-0.4, -0.2) is 24.5 Å². The Labute approximate surface area is 76.4 Å². The second kappa shape index (κ2) is 2.83. The molecule has 4 nitrogen and oxygen atoms in total. The minimum Gasteiger partial charge on any atom is -0.469 e. The number of fused-ring (bicyclic) bond motifs is 1. The van der Waals surface area contributed by atoms with Crippen LogP contribution in [0.2, 0.25) is 0 Å². The summed E-state index contributed by atoms with van der Waals surface area (Å²) in [6, 6.07) is 0. The lowest BCUT2D eigenvalue weighted by Gasteiger charge is -2.34. The predicted octanol–water partition coefficient (Wildman–Crippen LogP) is -0.0698. The van der Waals surface area contributed by atoms with Crippen LogP contribution in [0.25, 0.3) is 0 Å². The molecule has 2 heterocycles. The summed E-state index contributed by atoms with van der Waals surface area (Å²) < 4.78 is 10.7. The molecular formula is C7H12N2O2S. The molecule has 0 atom stereocenters. The smallest absolute Gasteiger partial charge is 0.271 e. The second-order valence-electron chi connectivity index (χ2n) is 3.56. The highest BCUT2D eigenvalue weighted by molar-refractivity contribution is 7.80. The maximum Gasteiger partial charge on any atom is 0.271 e. The van der Waals surface area contributed by atoms with Gasteiger partial charge in [0.15, 0.2) is 0 Å². The third kappa shape index (κ3) is 1.28. The molecule has 0 unspecified atom stereocenters. The first kappa shape index (κ1) is 8.22. The Morgan fingerprint density at radius 3 is 3.00 bits per heavy atom. The summed E-state index contributed by atoms with van der Waals surface area (Å²) in [7, 11) is 0. The molecule has 0 aromatic heterocycles. The van der Waals surface area contributed by atoms with Crippen LogP contribution in [0.15, 0.2) is 0 Å². The lowest BCUT2D eigenvalue weighted by molar-refractivity contribution is 0.0773. The predicted molar refractivity (Wildman–Crippen MR) is 47.3 cm³/mol. The van der Waals surface area contributed by atoms with E-state index in [0.29, 0.717) is 12.7 Å². The van der Waals surface area contributed by atoms with Crippen molar-refractivity contribution in [3.05, 3.63) is 0 Å². The Morgan fingerprint density at radius 1 is 1.75 bits per heavy atom. The van der Waals surface area contributed by atoms with Crippen molar-refractivity contribution in [2.75, 3.05) is 13.2 Å². The maximum absolute atomic E-state index is 5.42. The van der Waals surface area contributed by atoms with Crippen LogP contribution in [-0.2, 0) is 9.47 Å². The average molecular weight is 188 g/mol. The summed E-state index contributed by atoms with van der Waals surface area (Å²) in [4.78, 5) is 0. The second-order valence-corrected chi connectivity index (χ2v) is 3.93. The fraction of sp³-hybridized carbons (Fsp3) is 0.857. The van der Waals surface area contributed by atoms with E-state index >= 15 is 0 Å². The van der Waals surface area contributed by atoms with Gasteiger partial charge < -0.3 is 9.47 Å². The molecule has 0 aromatic carbocycles. The van der Waals surface area contributed by atoms with E-state index in [2.05, 4.69) is 5.43 Å². The van der Waals surface area contributed by atoms with Gasteiger partial charge in [0.2, 0.25) is 0 Å².